The molecule has 2 atom stereocenters. The molecule has 0 bridgehead atoms. The molecule has 0 aliphatic carbocycles. The van der Waals surface area contributed by atoms with Crippen molar-refractivity contribution < 1.29 is 14.3 Å². The van der Waals surface area contributed by atoms with Gasteiger partial charge in [-0.3, -0.25) is 4.79 Å². The molecule has 0 spiro atoms. The van der Waals surface area contributed by atoms with Crippen LogP contribution in [0.5, 0.6) is 0 Å². The maximum absolute atomic E-state index is 12.1. The highest BCUT2D eigenvalue weighted by Crippen LogP contribution is 2.16. The van der Waals surface area contributed by atoms with Crippen molar-refractivity contribution in [2.45, 2.75) is 45.8 Å². The maximum Gasteiger partial charge on any atom is 0.226 e. The third kappa shape index (κ3) is 5.47. The quantitative estimate of drug-likeness (QED) is 0.703. The summed E-state index contributed by atoms with van der Waals surface area (Å²) in [5, 5.41) is 0. The van der Waals surface area contributed by atoms with E-state index in [1.807, 2.05) is 25.7 Å². The van der Waals surface area contributed by atoms with Gasteiger partial charge in [0.25, 0.3) is 0 Å². The largest absolute Gasteiger partial charge is 0.379 e. The van der Waals surface area contributed by atoms with Gasteiger partial charge in [-0.15, -0.1) is 0 Å². The highest BCUT2D eigenvalue weighted by Gasteiger charge is 2.27. The van der Waals surface area contributed by atoms with Crippen LogP contribution in [-0.2, 0) is 14.3 Å². The highest BCUT2D eigenvalue weighted by molar-refractivity contribution is 5.79. The van der Waals surface area contributed by atoms with Gasteiger partial charge in [0, 0.05) is 25.7 Å². The first-order valence-corrected chi connectivity index (χ1v) is 7.30. The molecule has 0 aromatic carbocycles. The lowest BCUT2D eigenvalue weighted by Gasteiger charge is -2.34. The first-order chi connectivity index (χ1) is 9.06. The third-order valence-corrected chi connectivity index (χ3v) is 3.72. The third-order valence-electron chi connectivity index (χ3n) is 3.72. The number of rotatable bonds is 7. The molecule has 0 aromatic rings. The number of piperidine rings is 1. The number of ether oxygens (including phenoxy) is 2. The number of hydrogen-bond acceptors (Lipinski definition) is 4. The molecular weight excluding hydrogens is 244 g/mol. The van der Waals surface area contributed by atoms with E-state index in [2.05, 4.69) is 0 Å². The van der Waals surface area contributed by atoms with Crippen molar-refractivity contribution in [1.29, 1.82) is 0 Å². The molecule has 112 valence electrons. The molecular formula is C14H28N2O3. The topological polar surface area (TPSA) is 64.8 Å². The zero-order valence-corrected chi connectivity index (χ0v) is 12.4. The Hall–Kier alpha value is -0.650. The molecule has 1 saturated heterocycles. The second kappa shape index (κ2) is 8.51. The predicted molar refractivity (Wildman–Crippen MR) is 74.9 cm³/mol. The minimum absolute atomic E-state index is 0.0901. The van der Waals surface area contributed by atoms with E-state index in [1.165, 1.54) is 0 Å². The number of nitrogens with zero attached hydrogens (tertiary/aromatic N) is 1. The molecule has 5 nitrogen and oxygen atoms in total. The van der Waals surface area contributed by atoms with Crippen LogP contribution in [0.15, 0.2) is 0 Å². The molecule has 1 fully saturated rings. The van der Waals surface area contributed by atoms with E-state index >= 15 is 0 Å². The summed E-state index contributed by atoms with van der Waals surface area (Å²) in [6.45, 7) is 9.32. The molecule has 0 aromatic heterocycles. The van der Waals surface area contributed by atoms with Crippen LogP contribution in [0.2, 0.25) is 0 Å². The predicted octanol–water partition coefficient (Wildman–Crippen LogP) is 1.01. The Morgan fingerprint density at radius 3 is 2.47 bits per heavy atom. The van der Waals surface area contributed by atoms with Gasteiger partial charge in [-0.05, 0) is 26.7 Å². The fourth-order valence-electron chi connectivity index (χ4n) is 2.17. The second-order valence-corrected chi connectivity index (χ2v) is 5.24. The summed E-state index contributed by atoms with van der Waals surface area (Å²) in [6.07, 6.45) is 2.07. The van der Waals surface area contributed by atoms with E-state index in [9.17, 15) is 4.79 Å². The summed E-state index contributed by atoms with van der Waals surface area (Å²) in [7, 11) is 0. The van der Waals surface area contributed by atoms with Crippen molar-refractivity contribution in [1.82, 2.24) is 4.90 Å². The molecule has 19 heavy (non-hydrogen) atoms. The lowest BCUT2D eigenvalue weighted by molar-refractivity contribution is -0.138. The Bertz CT molecular complexity index is 263. The molecule has 5 heteroatoms. The normalized spacial score (nSPS) is 20.3. The average molecular weight is 272 g/mol. The Morgan fingerprint density at radius 1 is 1.32 bits per heavy atom. The van der Waals surface area contributed by atoms with Crippen LogP contribution < -0.4 is 5.73 Å². The molecule has 2 N–H and O–H groups in total. The molecule has 2 unspecified atom stereocenters. The fourth-order valence-corrected chi connectivity index (χ4v) is 2.17. The molecule has 1 heterocycles. The van der Waals surface area contributed by atoms with E-state index in [-0.39, 0.29) is 24.0 Å². The zero-order chi connectivity index (χ0) is 14.3. The molecule has 0 saturated carbocycles. The Morgan fingerprint density at radius 2 is 1.95 bits per heavy atom. The SMILES string of the molecule is CCOCCOC1CCN(C(=O)C(C)C(C)N)CC1. The minimum atomic E-state index is -0.101. The van der Waals surface area contributed by atoms with E-state index in [0.717, 1.165) is 32.5 Å². The highest BCUT2D eigenvalue weighted by atomic mass is 16.5. The van der Waals surface area contributed by atoms with Gasteiger partial charge in [0.05, 0.1) is 25.2 Å². The van der Waals surface area contributed by atoms with Gasteiger partial charge in [-0.1, -0.05) is 6.92 Å². The zero-order valence-electron chi connectivity index (χ0n) is 12.4. The van der Waals surface area contributed by atoms with Crippen LogP contribution in [-0.4, -0.2) is 55.9 Å². The van der Waals surface area contributed by atoms with Crippen molar-refractivity contribution >= 4 is 5.91 Å². The van der Waals surface area contributed by atoms with Crippen molar-refractivity contribution in [3.8, 4) is 0 Å². The van der Waals surface area contributed by atoms with Crippen molar-refractivity contribution in [3.63, 3.8) is 0 Å². The van der Waals surface area contributed by atoms with Crippen molar-refractivity contribution in [2.24, 2.45) is 11.7 Å². The maximum atomic E-state index is 12.1. The Balaban J connectivity index is 2.23. The van der Waals surface area contributed by atoms with Crippen molar-refractivity contribution in [2.75, 3.05) is 32.9 Å². The Kier molecular flexibility index (Phi) is 7.34. The fraction of sp³-hybridized carbons (Fsp3) is 0.929. The molecule has 1 amide bonds. The summed E-state index contributed by atoms with van der Waals surface area (Å²) >= 11 is 0. The van der Waals surface area contributed by atoms with Crippen LogP contribution in [0.3, 0.4) is 0 Å². The number of carbonyl (C=O) groups excluding carboxylic acids is 1. The number of hydrogen-bond donors (Lipinski definition) is 1. The van der Waals surface area contributed by atoms with Gasteiger partial charge < -0.3 is 20.1 Å². The summed E-state index contributed by atoms with van der Waals surface area (Å²) in [6, 6.07) is -0.0901. The van der Waals surface area contributed by atoms with Crippen LogP contribution in [0.1, 0.15) is 33.6 Å². The van der Waals surface area contributed by atoms with Crippen LogP contribution >= 0.6 is 0 Å². The lowest BCUT2D eigenvalue weighted by Crippen LogP contribution is -2.46. The first-order valence-electron chi connectivity index (χ1n) is 7.30. The van der Waals surface area contributed by atoms with Crippen LogP contribution in [0.25, 0.3) is 0 Å². The molecule has 1 aliphatic heterocycles. The monoisotopic (exact) mass is 272 g/mol. The summed E-state index contributed by atoms with van der Waals surface area (Å²) in [5.41, 5.74) is 5.78. The lowest BCUT2D eigenvalue weighted by atomic mass is 10.0. The number of carbonyl (C=O) groups is 1. The second-order valence-electron chi connectivity index (χ2n) is 5.24. The summed E-state index contributed by atoms with van der Waals surface area (Å²) in [5.74, 6) is 0.0678. The molecule has 0 radical (unpaired) electrons. The van der Waals surface area contributed by atoms with Gasteiger partial charge in [-0.25, -0.2) is 0 Å². The van der Waals surface area contributed by atoms with E-state index in [4.69, 9.17) is 15.2 Å². The van der Waals surface area contributed by atoms with Gasteiger partial charge in [0.2, 0.25) is 5.91 Å². The van der Waals surface area contributed by atoms with Gasteiger partial charge in [0.15, 0.2) is 0 Å². The number of nitrogens with two attached hydrogens (primary N) is 1. The van der Waals surface area contributed by atoms with Crippen LogP contribution in [0.4, 0.5) is 0 Å². The average Bonchev–Trinajstić information content (AvgIpc) is 2.42. The Labute approximate surface area is 116 Å². The molecule has 1 rings (SSSR count). The van der Waals surface area contributed by atoms with E-state index in [1.54, 1.807) is 0 Å². The van der Waals surface area contributed by atoms with E-state index in [0.29, 0.717) is 13.2 Å². The standard InChI is InChI=1S/C14H28N2O3/c1-4-18-9-10-19-13-5-7-16(8-6-13)14(17)11(2)12(3)15/h11-13H,4-10,15H2,1-3H3. The minimum Gasteiger partial charge on any atom is -0.379 e. The summed E-state index contributed by atoms with van der Waals surface area (Å²) < 4.78 is 11.0. The first kappa shape index (κ1) is 16.4. The van der Waals surface area contributed by atoms with Crippen LogP contribution in [0, 0.1) is 5.92 Å². The van der Waals surface area contributed by atoms with Gasteiger partial charge in [-0.2, -0.15) is 0 Å². The molecule has 1 aliphatic rings. The summed E-state index contributed by atoms with van der Waals surface area (Å²) in [4.78, 5) is 14.0. The number of amides is 1. The smallest absolute Gasteiger partial charge is 0.226 e. The van der Waals surface area contributed by atoms with Gasteiger partial charge in [0.1, 0.15) is 0 Å². The van der Waals surface area contributed by atoms with Crippen molar-refractivity contribution in [3.05, 3.63) is 0 Å². The van der Waals surface area contributed by atoms with Gasteiger partial charge >= 0.3 is 0 Å². The number of likely N-dealkylation sites (tertiary alicyclic amines) is 1. The van der Waals surface area contributed by atoms with E-state index < -0.39 is 0 Å².